The largest absolute Gasteiger partial charge is 0.481 e. The van der Waals surface area contributed by atoms with Crippen LogP contribution in [0.2, 0.25) is 0 Å². The quantitative estimate of drug-likeness (QED) is 0.0534. The molecule has 0 saturated heterocycles. The summed E-state index contributed by atoms with van der Waals surface area (Å²) in [4.78, 5) is 74.4. The van der Waals surface area contributed by atoms with E-state index in [-0.39, 0.29) is 25.3 Å². The van der Waals surface area contributed by atoms with E-state index in [2.05, 4.69) is 20.9 Å². The van der Waals surface area contributed by atoms with Gasteiger partial charge in [0.25, 0.3) is 0 Å². The lowest BCUT2D eigenvalue weighted by Crippen LogP contribution is -2.57. The highest BCUT2D eigenvalue weighted by molar-refractivity contribution is 5.94. The Morgan fingerprint density at radius 1 is 0.743 bits per heavy atom. The molecule has 35 heavy (non-hydrogen) atoms. The fourth-order valence-electron chi connectivity index (χ4n) is 2.68. The number of hydrogen-bond donors (Lipinski definition) is 9. The summed E-state index contributed by atoms with van der Waals surface area (Å²) in [7, 11) is 0. The maximum absolute atomic E-state index is 12.9. The molecule has 0 spiro atoms. The molecule has 0 heterocycles. The number of aliphatic imine (C=N–C) groups is 1. The Bertz CT molecular complexity index is 812. The number of aliphatic carboxylic acids is 3. The highest BCUT2D eigenvalue weighted by Gasteiger charge is 2.30. The second kappa shape index (κ2) is 15.8. The van der Waals surface area contributed by atoms with Gasteiger partial charge in [0.2, 0.25) is 17.7 Å². The third-order valence-corrected chi connectivity index (χ3v) is 4.53. The van der Waals surface area contributed by atoms with Crippen molar-refractivity contribution in [2.45, 2.75) is 69.6 Å². The molecule has 0 aromatic carbocycles. The molecular formula is C19H33N7O9. The number of rotatable bonds is 17. The SMILES string of the molecule is CC(N)C(=O)NC(CCCN=C(N)N)C(=O)NC(CCC(=O)O)C(=O)NC(CCC(=O)O)C(=O)O. The van der Waals surface area contributed by atoms with E-state index in [0.29, 0.717) is 0 Å². The third-order valence-electron chi connectivity index (χ3n) is 4.53. The van der Waals surface area contributed by atoms with Crippen molar-refractivity contribution >= 4 is 41.6 Å². The molecule has 0 rings (SSSR count). The number of guanidine groups is 1. The Kier molecular flexibility index (Phi) is 14.0. The van der Waals surface area contributed by atoms with Crippen LogP contribution >= 0.6 is 0 Å². The Hall–Kier alpha value is -3.95. The average molecular weight is 504 g/mol. The number of carbonyl (C=O) groups is 6. The summed E-state index contributed by atoms with van der Waals surface area (Å²) < 4.78 is 0. The molecule has 0 saturated carbocycles. The standard InChI is InChI=1S/C19H33N7O9/c1-9(20)15(31)24-10(3-2-8-23-19(21)22)16(32)25-11(4-6-13(27)28)17(33)26-12(18(34)35)5-7-14(29)30/h9-12H,2-8,20H2,1H3,(H,24,31)(H,25,32)(H,26,33)(H,27,28)(H,29,30)(H,34,35)(H4,21,22,23). The van der Waals surface area contributed by atoms with Gasteiger partial charge >= 0.3 is 17.9 Å². The summed E-state index contributed by atoms with van der Waals surface area (Å²) in [5.41, 5.74) is 16.0. The highest BCUT2D eigenvalue weighted by Crippen LogP contribution is 2.06. The van der Waals surface area contributed by atoms with Crippen LogP contribution in [0.4, 0.5) is 0 Å². The molecule has 16 nitrogen and oxygen atoms in total. The van der Waals surface area contributed by atoms with Crippen molar-refractivity contribution in [3.05, 3.63) is 0 Å². The predicted octanol–water partition coefficient (Wildman–Crippen LogP) is -3.34. The van der Waals surface area contributed by atoms with Crippen molar-refractivity contribution < 1.29 is 44.1 Å². The number of nitrogens with zero attached hydrogens (tertiary/aromatic N) is 1. The van der Waals surface area contributed by atoms with E-state index in [4.69, 9.17) is 27.4 Å². The van der Waals surface area contributed by atoms with Crippen molar-refractivity contribution in [2.75, 3.05) is 6.54 Å². The lowest BCUT2D eigenvalue weighted by atomic mass is 10.1. The maximum atomic E-state index is 12.9. The molecule has 3 amide bonds. The number of carboxylic acid groups (broad SMARTS) is 3. The summed E-state index contributed by atoms with van der Waals surface area (Å²) in [6.07, 6.45) is -1.66. The van der Waals surface area contributed by atoms with Crippen LogP contribution < -0.4 is 33.2 Å². The van der Waals surface area contributed by atoms with Crippen LogP contribution in [0.5, 0.6) is 0 Å². The van der Waals surface area contributed by atoms with Crippen LogP contribution in [0.15, 0.2) is 4.99 Å². The van der Waals surface area contributed by atoms with Crippen molar-refractivity contribution in [1.29, 1.82) is 0 Å². The van der Waals surface area contributed by atoms with Crippen molar-refractivity contribution in [3.63, 3.8) is 0 Å². The van der Waals surface area contributed by atoms with E-state index in [0.717, 1.165) is 0 Å². The van der Waals surface area contributed by atoms with Gasteiger partial charge in [-0.1, -0.05) is 0 Å². The van der Waals surface area contributed by atoms with E-state index in [1.165, 1.54) is 6.92 Å². The first kappa shape index (κ1) is 31.0. The molecule has 0 aliphatic carbocycles. The number of nitrogens with one attached hydrogen (secondary N) is 3. The molecule has 0 radical (unpaired) electrons. The molecule has 12 N–H and O–H groups in total. The number of carbonyl (C=O) groups excluding carboxylic acids is 3. The second-order valence-corrected chi connectivity index (χ2v) is 7.62. The molecule has 0 aromatic heterocycles. The molecule has 0 fully saturated rings. The summed E-state index contributed by atoms with van der Waals surface area (Å²) in [6, 6.07) is -5.22. The molecule has 0 aliphatic rings. The smallest absolute Gasteiger partial charge is 0.326 e. The van der Waals surface area contributed by atoms with Crippen molar-refractivity contribution in [1.82, 2.24) is 16.0 Å². The zero-order chi connectivity index (χ0) is 27.1. The number of amides is 3. The van der Waals surface area contributed by atoms with Gasteiger partial charge in [0.1, 0.15) is 18.1 Å². The highest BCUT2D eigenvalue weighted by atomic mass is 16.4. The molecule has 0 bridgehead atoms. The Balaban J connectivity index is 5.56. The third kappa shape index (κ3) is 14.0. The van der Waals surface area contributed by atoms with Gasteiger partial charge < -0.3 is 48.5 Å². The van der Waals surface area contributed by atoms with Gasteiger partial charge in [-0.2, -0.15) is 0 Å². The number of hydrogen-bond acceptors (Lipinski definition) is 8. The molecule has 0 aromatic rings. The predicted molar refractivity (Wildman–Crippen MR) is 121 cm³/mol. The van der Waals surface area contributed by atoms with Gasteiger partial charge in [-0.05, 0) is 32.6 Å². The minimum atomic E-state index is -1.59. The minimum Gasteiger partial charge on any atom is -0.481 e. The fraction of sp³-hybridized carbons (Fsp3) is 0.632. The fourth-order valence-corrected chi connectivity index (χ4v) is 2.68. The normalized spacial score (nSPS) is 13.9. The van der Waals surface area contributed by atoms with Gasteiger partial charge in [-0.3, -0.25) is 29.0 Å². The minimum absolute atomic E-state index is 0.0324. The Labute approximate surface area is 200 Å². The topological polar surface area (TPSA) is 290 Å². The van der Waals surface area contributed by atoms with E-state index in [1.54, 1.807) is 0 Å². The van der Waals surface area contributed by atoms with Crippen LogP contribution in [0.1, 0.15) is 45.4 Å². The van der Waals surface area contributed by atoms with Crippen molar-refractivity contribution in [2.24, 2.45) is 22.2 Å². The zero-order valence-electron chi connectivity index (χ0n) is 19.2. The Morgan fingerprint density at radius 3 is 1.60 bits per heavy atom. The van der Waals surface area contributed by atoms with Gasteiger partial charge in [0, 0.05) is 19.4 Å². The second-order valence-electron chi connectivity index (χ2n) is 7.62. The maximum Gasteiger partial charge on any atom is 0.326 e. The van der Waals surface area contributed by atoms with E-state index in [9.17, 15) is 33.9 Å². The first-order valence-corrected chi connectivity index (χ1v) is 10.6. The van der Waals surface area contributed by atoms with Gasteiger partial charge in [-0.15, -0.1) is 0 Å². The molecule has 16 heteroatoms. The summed E-state index contributed by atoms with van der Waals surface area (Å²) >= 11 is 0. The first-order valence-electron chi connectivity index (χ1n) is 10.6. The lowest BCUT2D eigenvalue weighted by molar-refractivity contribution is -0.144. The van der Waals surface area contributed by atoms with Crippen LogP contribution in [0, 0.1) is 0 Å². The summed E-state index contributed by atoms with van der Waals surface area (Å²) in [6.45, 7) is 1.52. The van der Waals surface area contributed by atoms with Crippen molar-refractivity contribution in [3.8, 4) is 0 Å². The molecule has 4 unspecified atom stereocenters. The summed E-state index contributed by atoms with van der Waals surface area (Å²) in [5, 5.41) is 33.8. The van der Waals surface area contributed by atoms with Gasteiger partial charge in [0.15, 0.2) is 5.96 Å². The van der Waals surface area contributed by atoms with Crippen LogP contribution in [0.25, 0.3) is 0 Å². The summed E-state index contributed by atoms with van der Waals surface area (Å²) in [5.74, 6) is -6.80. The monoisotopic (exact) mass is 503 g/mol. The van der Waals surface area contributed by atoms with Crippen LogP contribution in [0.3, 0.4) is 0 Å². The molecular weight excluding hydrogens is 470 g/mol. The van der Waals surface area contributed by atoms with E-state index in [1.807, 2.05) is 0 Å². The average Bonchev–Trinajstić information content (AvgIpc) is 2.74. The lowest BCUT2D eigenvalue weighted by Gasteiger charge is -2.24. The molecule has 198 valence electrons. The van der Waals surface area contributed by atoms with E-state index >= 15 is 0 Å². The first-order chi connectivity index (χ1) is 16.2. The molecule has 0 aliphatic heterocycles. The number of nitrogens with two attached hydrogens (primary N) is 3. The van der Waals surface area contributed by atoms with Gasteiger partial charge in [0.05, 0.1) is 6.04 Å². The van der Waals surface area contributed by atoms with Gasteiger partial charge in [-0.25, -0.2) is 4.79 Å². The van der Waals surface area contributed by atoms with Crippen LogP contribution in [-0.4, -0.2) is 87.6 Å². The zero-order valence-corrected chi connectivity index (χ0v) is 19.2. The van der Waals surface area contributed by atoms with Crippen LogP contribution in [-0.2, 0) is 28.8 Å². The van der Waals surface area contributed by atoms with E-state index < -0.39 is 85.5 Å². The Morgan fingerprint density at radius 2 is 1.17 bits per heavy atom. The molecule has 4 atom stereocenters. The number of carboxylic acids is 3.